The Morgan fingerprint density at radius 3 is 2.13 bits per heavy atom. The molecule has 0 fully saturated rings. The van der Waals surface area contributed by atoms with Crippen LogP contribution in [0.1, 0.15) is 37.6 Å². The molecule has 2 amide bonds. The molecule has 1 N–H and O–H groups in total. The SMILES string of the molecule is COc1ccc(C(=O)N(CCC(=O)O)C(=O)OC(C)(C)C)cc1. The van der Waals surface area contributed by atoms with E-state index in [9.17, 15) is 14.4 Å². The predicted octanol–water partition coefficient (Wildman–Crippen LogP) is 2.55. The van der Waals surface area contributed by atoms with E-state index in [1.54, 1.807) is 32.9 Å². The molecule has 0 aliphatic rings. The van der Waals surface area contributed by atoms with Crippen LogP contribution in [0.3, 0.4) is 0 Å². The molecule has 23 heavy (non-hydrogen) atoms. The van der Waals surface area contributed by atoms with Crippen molar-refractivity contribution in [3.05, 3.63) is 29.8 Å². The Balaban J connectivity index is 2.98. The molecule has 0 saturated carbocycles. The van der Waals surface area contributed by atoms with Gasteiger partial charge in [-0.1, -0.05) is 0 Å². The first-order valence-corrected chi connectivity index (χ1v) is 7.04. The van der Waals surface area contributed by atoms with E-state index in [-0.39, 0.29) is 18.5 Å². The van der Waals surface area contributed by atoms with Gasteiger partial charge in [-0.05, 0) is 45.0 Å². The average Bonchev–Trinajstić information content (AvgIpc) is 2.45. The quantitative estimate of drug-likeness (QED) is 0.895. The van der Waals surface area contributed by atoms with Gasteiger partial charge in [-0.3, -0.25) is 9.59 Å². The van der Waals surface area contributed by atoms with Crippen LogP contribution >= 0.6 is 0 Å². The maximum Gasteiger partial charge on any atom is 0.417 e. The molecule has 126 valence electrons. The fraction of sp³-hybridized carbons (Fsp3) is 0.438. The average molecular weight is 323 g/mol. The summed E-state index contributed by atoms with van der Waals surface area (Å²) in [5, 5.41) is 8.79. The lowest BCUT2D eigenvalue weighted by Gasteiger charge is -2.26. The normalized spacial score (nSPS) is 10.8. The third-order valence-electron chi connectivity index (χ3n) is 2.75. The number of hydrogen-bond donors (Lipinski definition) is 1. The number of aliphatic carboxylic acids is 1. The molecule has 1 aromatic rings. The van der Waals surface area contributed by atoms with Gasteiger partial charge in [0.05, 0.1) is 13.5 Å². The second-order valence-electron chi connectivity index (χ2n) is 5.81. The van der Waals surface area contributed by atoms with Crippen LogP contribution in [0.2, 0.25) is 0 Å². The van der Waals surface area contributed by atoms with Gasteiger partial charge in [0, 0.05) is 12.1 Å². The number of carbonyl (C=O) groups excluding carboxylic acids is 2. The second kappa shape index (κ2) is 7.62. The van der Waals surface area contributed by atoms with E-state index in [0.29, 0.717) is 5.75 Å². The Labute approximate surface area is 134 Å². The molecule has 0 aromatic heterocycles. The third kappa shape index (κ3) is 5.98. The molecular weight excluding hydrogens is 302 g/mol. The van der Waals surface area contributed by atoms with Crippen LogP contribution in [0.25, 0.3) is 0 Å². The van der Waals surface area contributed by atoms with Crippen molar-refractivity contribution in [1.29, 1.82) is 0 Å². The van der Waals surface area contributed by atoms with E-state index in [1.807, 2.05) is 0 Å². The Morgan fingerprint density at radius 2 is 1.70 bits per heavy atom. The molecule has 0 atom stereocenters. The number of imide groups is 1. The number of rotatable bonds is 5. The van der Waals surface area contributed by atoms with E-state index in [4.69, 9.17) is 14.6 Å². The molecule has 0 aliphatic heterocycles. The van der Waals surface area contributed by atoms with Gasteiger partial charge in [0.1, 0.15) is 11.4 Å². The van der Waals surface area contributed by atoms with Crippen molar-refractivity contribution in [2.75, 3.05) is 13.7 Å². The Kier molecular flexibility index (Phi) is 6.12. The fourth-order valence-electron chi connectivity index (χ4n) is 1.69. The van der Waals surface area contributed by atoms with Crippen molar-refractivity contribution in [2.24, 2.45) is 0 Å². The lowest BCUT2D eigenvalue weighted by atomic mass is 10.2. The minimum atomic E-state index is -1.11. The fourth-order valence-corrected chi connectivity index (χ4v) is 1.69. The summed E-state index contributed by atoms with van der Waals surface area (Å²) < 4.78 is 10.2. The molecule has 7 heteroatoms. The van der Waals surface area contributed by atoms with Crippen LogP contribution in [0.5, 0.6) is 5.75 Å². The van der Waals surface area contributed by atoms with Crippen LogP contribution < -0.4 is 4.74 Å². The second-order valence-corrected chi connectivity index (χ2v) is 5.81. The lowest BCUT2D eigenvalue weighted by molar-refractivity contribution is -0.137. The van der Waals surface area contributed by atoms with Crippen LogP contribution in [0.4, 0.5) is 4.79 Å². The van der Waals surface area contributed by atoms with Gasteiger partial charge in [-0.25, -0.2) is 9.69 Å². The molecule has 0 radical (unpaired) electrons. The molecule has 1 rings (SSSR count). The monoisotopic (exact) mass is 323 g/mol. The number of methoxy groups -OCH3 is 1. The number of nitrogens with zero attached hydrogens (tertiary/aromatic N) is 1. The predicted molar refractivity (Wildman–Crippen MR) is 82.5 cm³/mol. The van der Waals surface area contributed by atoms with E-state index < -0.39 is 23.6 Å². The molecular formula is C16H21NO6. The first-order valence-electron chi connectivity index (χ1n) is 7.04. The smallest absolute Gasteiger partial charge is 0.417 e. The van der Waals surface area contributed by atoms with Crippen molar-refractivity contribution in [1.82, 2.24) is 4.90 Å². The number of ether oxygens (including phenoxy) is 2. The molecule has 0 saturated heterocycles. The topological polar surface area (TPSA) is 93.1 Å². The largest absolute Gasteiger partial charge is 0.497 e. The van der Waals surface area contributed by atoms with E-state index in [2.05, 4.69) is 0 Å². The number of carbonyl (C=O) groups is 3. The Hall–Kier alpha value is -2.57. The Morgan fingerprint density at radius 1 is 1.13 bits per heavy atom. The van der Waals surface area contributed by atoms with Gasteiger partial charge in [0.25, 0.3) is 5.91 Å². The molecule has 7 nitrogen and oxygen atoms in total. The summed E-state index contributed by atoms with van der Waals surface area (Å²) in [6, 6.07) is 6.16. The zero-order chi connectivity index (χ0) is 17.6. The number of hydrogen-bond acceptors (Lipinski definition) is 5. The van der Waals surface area contributed by atoms with Crippen LogP contribution in [-0.2, 0) is 9.53 Å². The van der Waals surface area contributed by atoms with Gasteiger partial charge in [0.2, 0.25) is 0 Å². The van der Waals surface area contributed by atoms with Crippen LogP contribution in [-0.4, -0.2) is 47.2 Å². The minimum absolute atomic E-state index is 0.238. The maximum absolute atomic E-state index is 12.5. The summed E-state index contributed by atoms with van der Waals surface area (Å²) in [6.45, 7) is 4.73. The van der Waals surface area contributed by atoms with Gasteiger partial charge in [-0.2, -0.15) is 0 Å². The highest BCUT2D eigenvalue weighted by Gasteiger charge is 2.28. The summed E-state index contributed by atoms with van der Waals surface area (Å²) in [6.07, 6.45) is -1.24. The van der Waals surface area contributed by atoms with Crippen molar-refractivity contribution >= 4 is 18.0 Å². The highest BCUT2D eigenvalue weighted by atomic mass is 16.6. The van der Waals surface area contributed by atoms with Gasteiger partial charge < -0.3 is 14.6 Å². The van der Waals surface area contributed by atoms with Crippen molar-refractivity contribution in [3.63, 3.8) is 0 Å². The molecule has 0 heterocycles. The van der Waals surface area contributed by atoms with Gasteiger partial charge in [-0.15, -0.1) is 0 Å². The maximum atomic E-state index is 12.5. The molecule has 0 spiro atoms. The number of amides is 2. The summed E-state index contributed by atoms with van der Waals surface area (Å²) in [4.78, 5) is 36.2. The van der Waals surface area contributed by atoms with E-state index >= 15 is 0 Å². The summed E-state index contributed by atoms with van der Waals surface area (Å²) >= 11 is 0. The number of benzene rings is 1. The molecule has 0 bridgehead atoms. The zero-order valence-electron chi connectivity index (χ0n) is 13.7. The summed E-state index contributed by atoms with van der Waals surface area (Å²) in [7, 11) is 1.50. The summed E-state index contributed by atoms with van der Waals surface area (Å²) in [5.74, 6) is -1.17. The van der Waals surface area contributed by atoms with E-state index in [1.165, 1.54) is 19.2 Å². The van der Waals surface area contributed by atoms with Gasteiger partial charge in [0.15, 0.2) is 0 Å². The lowest BCUT2D eigenvalue weighted by Crippen LogP contribution is -2.42. The number of carboxylic acid groups (broad SMARTS) is 1. The zero-order valence-corrected chi connectivity index (χ0v) is 13.7. The van der Waals surface area contributed by atoms with E-state index in [0.717, 1.165) is 4.90 Å². The van der Waals surface area contributed by atoms with Crippen LogP contribution in [0, 0.1) is 0 Å². The van der Waals surface area contributed by atoms with Crippen molar-refractivity contribution in [2.45, 2.75) is 32.8 Å². The molecule has 0 unspecified atom stereocenters. The van der Waals surface area contributed by atoms with Crippen molar-refractivity contribution in [3.8, 4) is 5.75 Å². The van der Waals surface area contributed by atoms with Crippen LogP contribution in [0.15, 0.2) is 24.3 Å². The first-order chi connectivity index (χ1) is 10.6. The molecule has 1 aromatic carbocycles. The highest BCUT2D eigenvalue weighted by Crippen LogP contribution is 2.16. The third-order valence-corrected chi connectivity index (χ3v) is 2.75. The number of carboxylic acids is 1. The minimum Gasteiger partial charge on any atom is -0.497 e. The van der Waals surface area contributed by atoms with Gasteiger partial charge >= 0.3 is 12.1 Å². The summed E-state index contributed by atoms with van der Waals surface area (Å²) in [5.41, 5.74) is -0.555. The highest BCUT2D eigenvalue weighted by molar-refractivity contribution is 6.03. The molecule has 0 aliphatic carbocycles. The van der Waals surface area contributed by atoms with Crippen molar-refractivity contribution < 1.29 is 29.0 Å². The Bertz CT molecular complexity index is 573. The first kappa shape index (κ1) is 18.5. The standard InChI is InChI=1S/C16H21NO6/c1-16(2,3)23-15(21)17(10-9-13(18)19)14(20)11-5-7-12(22-4)8-6-11/h5-8H,9-10H2,1-4H3,(H,18,19).